The molecule has 1 aliphatic heterocycles. The van der Waals surface area contributed by atoms with Gasteiger partial charge >= 0.3 is 12.1 Å². The Balaban J connectivity index is 1.66. The van der Waals surface area contributed by atoms with Gasteiger partial charge in [0.15, 0.2) is 0 Å². The fourth-order valence-corrected chi connectivity index (χ4v) is 2.66. The van der Waals surface area contributed by atoms with Crippen molar-refractivity contribution in [1.82, 2.24) is 4.90 Å². The molecule has 134 valence electrons. The van der Waals surface area contributed by atoms with Crippen molar-refractivity contribution in [3.63, 3.8) is 0 Å². The van der Waals surface area contributed by atoms with Gasteiger partial charge in [0.1, 0.15) is 6.61 Å². The molecule has 0 aromatic heterocycles. The first-order valence-corrected chi connectivity index (χ1v) is 7.59. The average Bonchev–Trinajstić information content (AvgIpc) is 2.86. The molecule has 0 bridgehead atoms. The number of hydrogen-bond donors (Lipinski definition) is 0. The Bertz CT molecular complexity index is 857. The van der Waals surface area contributed by atoms with Gasteiger partial charge in [-0.1, -0.05) is 24.3 Å². The summed E-state index contributed by atoms with van der Waals surface area (Å²) in [4.78, 5) is 37.2. The van der Waals surface area contributed by atoms with E-state index in [0.717, 1.165) is 17.0 Å². The largest absolute Gasteiger partial charge is 0.460 e. The summed E-state index contributed by atoms with van der Waals surface area (Å²) in [6, 6.07) is 10.5. The summed E-state index contributed by atoms with van der Waals surface area (Å²) in [5.74, 6) is -2.23. The summed E-state index contributed by atoms with van der Waals surface area (Å²) < 4.78 is 43.6. The zero-order valence-electron chi connectivity index (χ0n) is 13.2. The fraction of sp³-hybridized carbons (Fsp3) is 0.167. The minimum Gasteiger partial charge on any atom is -0.460 e. The molecule has 0 radical (unpaired) electrons. The molecule has 0 atom stereocenters. The predicted molar refractivity (Wildman–Crippen MR) is 83.5 cm³/mol. The van der Waals surface area contributed by atoms with Crippen LogP contribution in [0.15, 0.2) is 48.5 Å². The molecule has 2 aromatic rings. The number of fused-ring (bicyclic) bond motifs is 1. The van der Waals surface area contributed by atoms with Crippen LogP contribution in [0.1, 0.15) is 36.6 Å². The van der Waals surface area contributed by atoms with Gasteiger partial charge in [0.25, 0.3) is 11.8 Å². The summed E-state index contributed by atoms with van der Waals surface area (Å²) in [5, 5.41) is 0. The zero-order chi connectivity index (χ0) is 18.9. The van der Waals surface area contributed by atoms with Crippen LogP contribution in [0.4, 0.5) is 13.2 Å². The average molecular weight is 363 g/mol. The fourth-order valence-electron chi connectivity index (χ4n) is 2.66. The number of amides is 2. The van der Waals surface area contributed by atoms with E-state index < -0.39 is 41.7 Å². The van der Waals surface area contributed by atoms with Gasteiger partial charge < -0.3 is 4.74 Å². The van der Waals surface area contributed by atoms with Gasteiger partial charge in [-0.3, -0.25) is 14.5 Å². The third kappa shape index (κ3) is 3.17. The van der Waals surface area contributed by atoms with Crippen LogP contribution in [-0.2, 0) is 10.9 Å². The maximum Gasteiger partial charge on any atom is 0.417 e. The number of esters is 1. The molecule has 0 fully saturated rings. The minimum absolute atomic E-state index is 0.242. The van der Waals surface area contributed by atoms with Crippen LogP contribution >= 0.6 is 0 Å². The molecule has 0 N–H and O–H groups in total. The third-order valence-corrected chi connectivity index (χ3v) is 3.88. The minimum atomic E-state index is -4.70. The molecule has 3 rings (SSSR count). The van der Waals surface area contributed by atoms with E-state index >= 15 is 0 Å². The third-order valence-electron chi connectivity index (χ3n) is 3.88. The molecule has 8 heteroatoms. The molecule has 1 heterocycles. The Kier molecular flexibility index (Phi) is 4.50. The molecule has 2 aromatic carbocycles. The van der Waals surface area contributed by atoms with E-state index in [0.29, 0.717) is 0 Å². The van der Waals surface area contributed by atoms with E-state index in [1.165, 1.54) is 24.3 Å². The van der Waals surface area contributed by atoms with Crippen LogP contribution in [0.25, 0.3) is 0 Å². The van der Waals surface area contributed by atoms with Crippen LogP contribution in [0.3, 0.4) is 0 Å². The Morgan fingerprint density at radius 3 is 2.04 bits per heavy atom. The maximum absolute atomic E-state index is 12.9. The Morgan fingerprint density at radius 2 is 1.46 bits per heavy atom. The quantitative estimate of drug-likeness (QED) is 0.618. The lowest BCUT2D eigenvalue weighted by molar-refractivity contribution is -0.138. The monoisotopic (exact) mass is 363 g/mol. The van der Waals surface area contributed by atoms with Gasteiger partial charge in [0, 0.05) is 0 Å². The Labute approximate surface area is 146 Å². The molecule has 5 nitrogen and oxygen atoms in total. The van der Waals surface area contributed by atoms with Gasteiger partial charge in [0.05, 0.1) is 28.8 Å². The molecule has 0 spiro atoms. The van der Waals surface area contributed by atoms with E-state index in [4.69, 9.17) is 4.74 Å². The van der Waals surface area contributed by atoms with Crippen molar-refractivity contribution in [3.05, 3.63) is 70.8 Å². The number of carbonyl (C=O) groups is 3. The van der Waals surface area contributed by atoms with Gasteiger partial charge in [0.2, 0.25) is 0 Å². The highest BCUT2D eigenvalue weighted by Gasteiger charge is 2.36. The summed E-state index contributed by atoms with van der Waals surface area (Å²) in [6.45, 7) is -0.650. The van der Waals surface area contributed by atoms with E-state index in [1.54, 1.807) is 12.1 Å². The van der Waals surface area contributed by atoms with E-state index in [9.17, 15) is 27.6 Å². The number of carbonyl (C=O) groups excluding carboxylic acids is 3. The number of ether oxygens (including phenoxy) is 1. The topological polar surface area (TPSA) is 63.7 Å². The Hall–Kier alpha value is -3.16. The van der Waals surface area contributed by atoms with Crippen molar-refractivity contribution in [2.75, 3.05) is 13.2 Å². The molecule has 26 heavy (non-hydrogen) atoms. The lowest BCUT2D eigenvalue weighted by atomic mass is 10.1. The molecule has 0 saturated heterocycles. The van der Waals surface area contributed by atoms with Gasteiger partial charge in [-0.15, -0.1) is 0 Å². The number of alkyl halides is 3. The van der Waals surface area contributed by atoms with Crippen molar-refractivity contribution in [2.45, 2.75) is 6.18 Å². The van der Waals surface area contributed by atoms with Crippen LogP contribution in [-0.4, -0.2) is 35.8 Å². The second-order valence-corrected chi connectivity index (χ2v) is 5.49. The highest BCUT2D eigenvalue weighted by molar-refractivity contribution is 6.21. The van der Waals surface area contributed by atoms with Gasteiger partial charge in [-0.2, -0.15) is 13.2 Å². The number of hydrogen-bond acceptors (Lipinski definition) is 4. The zero-order valence-corrected chi connectivity index (χ0v) is 13.2. The van der Waals surface area contributed by atoms with Crippen molar-refractivity contribution in [2.24, 2.45) is 0 Å². The normalized spacial score (nSPS) is 13.7. The van der Waals surface area contributed by atoms with Crippen molar-refractivity contribution < 1.29 is 32.3 Å². The van der Waals surface area contributed by atoms with Gasteiger partial charge in [-0.05, 0) is 24.3 Å². The van der Waals surface area contributed by atoms with Crippen LogP contribution in [0.5, 0.6) is 0 Å². The molecule has 2 amide bonds. The smallest absolute Gasteiger partial charge is 0.417 e. The van der Waals surface area contributed by atoms with Crippen molar-refractivity contribution in [1.29, 1.82) is 0 Å². The molecular formula is C18H12F3NO4. The van der Waals surface area contributed by atoms with Gasteiger partial charge in [-0.25, -0.2) is 4.79 Å². The molecule has 0 aliphatic carbocycles. The second-order valence-electron chi connectivity index (χ2n) is 5.49. The summed E-state index contributed by atoms with van der Waals surface area (Å²) in [5.41, 5.74) is -1.24. The molecule has 1 aliphatic rings. The number of rotatable bonds is 4. The van der Waals surface area contributed by atoms with E-state index in [1.807, 2.05) is 0 Å². The van der Waals surface area contributed by atoms with Crippen LogP contribution < -0.4 is 0 Å². The lowest BCUT2D eigenvalue weighted by Gasteiger charge is -2.15. The number of benzene rings is 2. The first kappa shape index (κ1) is 17.7. The highest BCUT2D eigenvalue weighted by Crippen LogP contribution is 2.32. The Morgan fingerprint density at radius 1 is 0.923 bits per heavy atom. The molecule has 0 unspecified atom stereocenters. The van der Waals surface area contributed by atoms with E-state index in [2.05, 4.69) is 0 Å². The van der Waals surface area contributed by atoms with Crippen LogP contribution in [0.2, 0.25) is 0 Å². The molecular weight excluding hydrogens is 351 g/mol. The molecule has 0 saturated carbocycles. The first-order valence-electron chi connectivity index (χ1n) is 7.59. The number of imide groups is 1. The predicted octanol–water partition coefficient (Wildman–Crippen LogP) is 3.16. The van der Waals surface area contributed by atoms with Crippen LogP contribution in [0, 0.1) is 0 Å². The van der Waals surface area contributed by atoms with Crippen molar-refractivity contribution in [3.8, 4) is 0 Å². The summed E-state index contributed by atoms with van der Waals surface area (Å²) >= 11 is 0. The maximum atomic E-state index is 12.9. The van der Waals surface area contributed by atoms with E-state index in [-0.39, 0.29) is 17.7 Å². The SMILES string of the molecule is O=C(OCCN1C(=O)c2ccccc2C1=O)c1ccccc1C(F)(F)F. The summed E-state index contributed by atoms with van der Waals surface area (Å²) in [7, 11) is 0. The highest BCUT2D eigenvalue weighted by atomic mass is 19.4. The standard InChI is InChI=1S/C18H12F3NO4/c19-18(20,21)14-8-4-3-7-13(14)17(25)26-10-9-22-15(23)11-5-1-2-6-12(11)16(22)24/h1-8H,9-10H2. The second kappa shape index (κ2) is 6.62. The lowest BCUT2D eigenvalue weighted by Crippen LogP contribution is -2.33. The number of halogens is 3. The van der Waals surface area contributed by atoms with Crippen molar-refractivity contribution >= 4 is 17.8 Å². The summed E-state index contributed by atoms with van der Waals surface area (Å²) in [6.07, 6.45) is -4.70. The number of nitrogens with zero attached hydrogens (tertiary/aromatic N) is 1. The first-order chi connectivity index (χ1) is 12.3.